The van der Waals surface area contributed by atoms with Gasteiger partial charge in [0.2, 0.25) is 0 Å². The fraction of sp³-hybridized carbons (Fsp3) is 0.429. The zero-order valence-electron chi connectivity index (χ0n) is 11.1. The Morgan fingerprint density at radius 1 is 1.28 bits per heavy atom. The molecule has 2 aromatic rings. The van der Waals surface area contributed by atoms with Gasteiger partial charge in [-0.2, -0.15) is 0 Å². The number of rotatable bonds is 3. The quantitative estimate of drug-likeness (QED) is 0.906. The molecule has 0 saturated heterocycles. The number of hydrogen-bond acceptors (Lipinski definition) is 2. The topological polar surface area (TPSA) is 54.6 Å². The minimum absolute atomic E-state index is 0.0228. The summed E-state index contributed by atoms with van der Waals surface area (Å²) in [6.45, 7) is 7.87. The van der Waals surface area contributed by atoms with E-state index in [4.69, 9.17) is 0 Å². The average molecular weight is 246 g/mol. The van der Waals surface area contributed by atoms with Crippen LogP contribution in [0.2, 0.25) is 0 Å². The first-order chi connectivity index (χ1) is 8.40. The highest BCUT2D eigenvalue weighted by molar-refractivity contribution is 5.76. The lowest BCUT2D eigenvalue weighted by molar-refractivity contribution is -0.139. The van der Waals surface area contributed by atoms with Gasteiger partial charge >= 0.3 is 5.97 Å². The molecule has 0 aliphatic carbocycles. The highest BCUT2D eigenvalue weighted by Crippen LogP contribution is 2.25. The van der Waals surface area contributed by atoms with Crippen LogP contribution >= 0.6 is 0 Å². The third-order valence-corrected chi connectivity index (χ3v) is 3.33. The second-order valence-electron chi connectivity index (χ2n) is 5.13. The van der Waals surface area contributed by atoms with Crippen molar-refractivity contribution < 1.29 is 9.90 Å². The molecule has 0 saturated carbocycles. The predicted molar refractivity (Wildman–Crippen MR) is 69.9 cm³/mol. The van der Waals surface area contributed by atoms with Crippen molar-refractivity contribution in [1.29, 1.82) is 0 Å². The maximum atomic E-state index is 11.3. The molecule has 1 atom stereocenters. The van der Waals surface area contributed by atoms with Gasteiger partial charge in [0.05, 0.1) is 5.69 Å². The molecule has 0 aromatic carbocycles. The molecule has 0 spiro atoms. The van der Waals surface area contributed by atoms with Crippen LogP contribution in [0.4, 0.5) is 0 Å². The SMILES string of the molecule is Cc1cc2nc(C(C(=O)O)C(C)C)cn2cc1C. The zero-order valence-corrected chi connectivity index (χ0v) is 11.1. The van der Waals surface area contributed by atoms with Gasteiger partial charge in [-0.3, -0.25) is 4.79 Å². The highest BCUT2D eigenvalue weighted by Gasteiger charge is 2.26. The summed E-state index contributed by atoms with van der Waals surface area (Å²) in [5.41, 5.74) is 3.77. The van der Waals surface area contributed by atoms with Gasteiger partial charge in [-0.05, 0) is 37.0 Å². The number of carbonyl (C=O) groups is 1. The monoisotopic (exact) mass is 246 g/mol. The van der Waals surface area contributed by atoms with Crippen LogP contribution in [-0.4, -0.2) is 20.5 Å². The van der Waals surface area contributed by atoms with Crippen molar-refractivity contribution in [3.8, 4) is 0 Å². The third-order valence-electron chi connectivity index (χ3n) is 3.33. The predicted octanol–water partition coefficient (Wildman–Crippen LogP) is 2.78. The summed E-state index contributed by atoms with van der Waals surface area (Å²) in [4.78, 5) is 15.7. The summed E-state index contributed by atoms with van der Waals surface area (Å²) in [5, 5.41) is 9.28. The Kier molecular flexibility index (Phi) is 3.11. The van der Waals surface area contributed by atoms with Gasteiger partial charge in [0.25, 0.3) is 0 Å². The van der Waals surface area contributed by atoms with Crippen molar-refractivity contribution in [3.05, 3.63) is 35.3 Å². The summed E-state index contributed by atoms with van der Waals surface area (Å²) in [6.07, 6.45) is 3.81. The van der Waals surface area contributed by atoms with E-state index in [2.05, 4.69) is 4.98 Å². The maximum absolute atomic E-state index is 11.3. The molecular formula is C14H18N2O2. The van der Waals surface area contributed by atoms with E-state index in [-0.39, 0.29) is 5.92 Å². The fourth-order valence-corrected chi connectivity index (χ4v) is 2.16. The number of hydrogen-bond donors (Lipinski definition) is 1. The molecule has 1 unspecified atom stereocenters. The summed E-state index contributed by atoms with van der Waals surface area (Å²) < 4.78 is 1.90. The fourth-order valence-electron chi connectivity index (χ4n) is 2.16. The first-order valence-corrected chi connectivity index (χ1v) is 6.09. The number of imidazole rings is 1. The molecule has 4 nitrogen and oxygen atoms in total. The van der Waals surface area contributed by atoms with Crippen molar-refractivity contribution in [1.82, 2.24) is 9.38 Å². The molecule has 0 fully saturated rings. The van der Waals surface area contributed by atoms with Crippen molar-refractivity contribution in [2.24, 2.45) is 5.92 Å². The molecular weight excluding hydrogens is 228 g/mol. The van der Waals surface area contributed by atoms with Crippen LogP contribution in [0.5, 0.6) is 0 Å². The summed E-state index contributed by atoms with van der Waals surface area (Å²) >= 11 is 0. The van der Waals surface area contributed by atoms with Gasteiger partial charge in [-0.1, -0.05) is 13.8 Å². The number of aliphatic carboxylic acids is 1. The Balaban J connectivity index is 2.55. The number of carboxylic acid groups (broad SMARTS) is 1. The molecule has 0 aliphatic heterocycles. The molecule has 0 radical (unpaired) electrons. The van der Waals surface area contributed by atoms with Crippen LogP contribution in [0.1, 0.15) is 36.6 Å². The summed E-state index contributed by atoms with van der Waals surface area (Å²) in [7, 11) is 0. The first-order valence-electron chi connectivity index (χ1n) is 6.09. The Bertz CT molecular complexity index is 560. The van der Waals surface area contributed by atoms with Gasteiger partial charge in [-0.15, -0.1) is 0 Å². The van der Waals surface area contributed by atoms with E-state index in [9.17, 15) is 9.90 Å². The molecule has 4 heteroatoms. The van der Waals surface area contributed by atoms with E-state index in [1.54, 1.807) is 0 Å². The second-order valence-corrected chi connectivity index (χ2v) is 5.13. The molecule has 0 bridgehead atoms. The molecule has 1 N–H and O–H groups in total. The van der Waals surface area contributed by atoms with Crippen LogP contribution in [0.3, 0.4) is 0 Å². The van der Waals surface area contributed by atoms with Gasteiger partial charge in [0.15, 0.2) is 0 Å². The molecule has 18 heavy (non-hydrogen) atoms. The lowest BCUT2D eigenvalue weighted by Crippen LogP contribution is -2.17. The maximum Gasteiger partial charge on any atom is 0.312 e. The summed E-state index contributed by atoms with van der Waals surface area (Å²) in [6, 6.07) is 1.98. The van der Waals surface area contributed by atoms with Crippen molar-refractivity contribution in [3.63, 3.8) is 0 Å². The Morgan fingerprint density at radius 3 is 2.50 bits per heavy atom. The Morgan fingerprint density at radius 2 is 1.94 bits per heavy atom. The Labute approximate surface area is 106 Å². The molecule has 2 rings (SSSR count). The van der Waals surface area contributed by atoms with Crippen LogP contribution < -0.4 is 0 Å². The van der Waals surface area contributed by atoms with Crippen molar-refractivity contribution in [2.45, 2.75) is 33.6 Å². The van der Waals surface area contributed by atoms with Crippen LogP contribution in [-0.2, 0) is 4.79 Å². The molecule has 2 heterocycles. The van der Waals surface area contributed by atoms with Gasteiger partial charge in [0, 0.05) is 12.4 Å². The summed E-state index contributed by atoms with van der Waals surface area (Å²) in [5.74, 6) is -1.35. The van der Waals surface area contributed by atoms with Crippen molar-refractivity contribution >= 4 is 11.6 Å². The lowest BCUT2D eigenvalue weighted by Gasteiger charge is -2.12. The molecule has 2 aromatic heterocycles. The van der Waals surface area contributed by atoms with Gasteiger partial charge in [-0.25, -0.2) is 4.98 Å². The number of fused-ring (bicyclic) bond motifs is 1. The standard InChI is InChI=1S/C14H18N2O2/c1-8(2)13(14(17)18)11-7-16-6-10(4)9(3)5-12(16)15-11/h5-8,13H,1-4H3,(H,17,18). The van der Waals surface area contributed by atoms with E-state index < -0.39 is 11.9 Å². The van der Waals surface area contributed by atoms with E-state index >= 15 is 0 Å². The highest BCUT2D eigenvalue weighted by atomic mass is 16.4. The second kappa shape index (κ2) is 4.44. The van der Waals surface area contributed by atoms with E-state index in [0.717, 1.165) is 11.2 Å². The van der Waals surface area contributed by atoms with Gasteiger partial charge < -0.3 is 9.51 Å². The third kappa shape index (κ3) is 2.10. The number of nitrogens with zero attached hydrogens (tertiary/aromatic N) is 2. The minimum Gasteiger partial charge on any atom is -0.481 e. The average Bonchev–Trinajstić information content (AvgIpc) is 2.59. The lowest BCUT2D eigenvalue weighted by atomic mass is 9.93. The van der Waals surface area contributed by atoms with Crippen molar-refractivity contribution in [2.75, 3.05) is 0 Å². The molecule has 96 valence electrons. The van der Waals surface area contributed by atoms with E-state index in [1.807, 2.05) is 50.6 Å². The molecule has 0 amide bonds. The van der Waals surface area contributed by atoms with Gasteiger partial charge in [0.1, 0.15) is 11.6 Å². The van der Waals surface area contributed by atoms with E-state index in [0.29, 0.717) is 5.69 Å². The van der Waals surface area contributed by atoms with Crippen LogP contribution in [0.15, 0.2) is 18.5 Å². The van der Waals surface area contributed by atoms with E-state index in [1.165, 1.54) is 5.56 Å². The largest absolute Gasteiger partial charge is 0.481 e. The number of pyridine rings is 1. The van der Waals surface area contributed by atoms with Crippen LogP contribution in [0, 0.1) is 19.8 Å². The zero-order chi connectivity index (χ0) is 13.4. The number of aryl methyl sites for hydroxylation is 2. The normalized spacial score (nSPS) is 13.2. The smallest absolute Gasteiger partial charge is 0.312 e. The Hall–Kier alpha value is -1.84. The first kappa shape index (κ1) is 12.6. The van der Waals surface area contributed by atoms with Crippen LogP contribution in [0.25, 0.3) is 5.65 Å². The number of aromatic nitrogens is 2. The number of carboxylic acids is 1. The minimum atomic E-state index is -0.818. The molecule has 0 aliphatic rings.